The van der Waals surface area contributed by atoms with E-state index in [9.17, 15) is 0 Å². The Morgan fingerprint density at radius 1 is 0.510 bits per heavy atom. The van der Waals surface area contributed by atoms with Crippen LogP contribution in [0.3, 0.4) is 0 Å². The van der Waals surface area contributed by atoms with E-state index < -0.39 is 0 Å². The second-order valence-electron chi connectivity index (χ2n) is 12.5. The fourth-order valence-electron chi connectivity index (χ4n) is 7.68. The molecule has 0 spiro atoms. The van der Waals surface area contributed by atoms with Gasteiger partial charge in [0.1, 0.15) is 16.8 Å². The first-order valence-electron chi connectivity index (χ1n) is 16.4. The summed E-state index contributed by atoms with van der Waals surface area (Å²) in [4.78, 5) is 10.8. The predicted molar refractivity (Wildman–Crippen MR) is 205 cm³/mol. The summed E-state index contributed by atoms with van der Waals surface area (Å²) in [6.45, 7) is 0. The Morgan fingerprint density at radius 2 is 1.18 bits per heavy atom. The van der Waals surface area contributed by atoms with Crippen LogP contribution in [-0.2, 0) is 0 Å². The van der Waals surface area contributed by atoms with Crippen molar-refractivity contribution in [1.29, 1.82) is 0 Å². The van der Waals surface area contributed by atoms with Crippen LogP contribution < -0.4 is 0 Å². The van der Waals surface area contributed by atoms with Crippen LogP contribution in [0.4, 0.5) is 0 Å². The average molecular weight is 644 g/mol. The summed E-state index contributed by atoms with van der Waals surface area (Å²) < 4.78 is 11.4. The Balaban J connectivity index is 1.32. The van der Waals surface area contributed by atoms with Crippen LogP contribution in [0, 0.1) is 0 Å². The first-order valence-corrected chi connectivity index (χ1v) is 17.2. The van der Waals surface area contributed by atoms with Gasteiger partial charge in [0.2, 0.25) is 5.95 Å². The van der Waals surface area contributed by atoms with Gasteiger partial charge in [-0.2, -0.15) is 0 Å². The van der Waals surface area contributed by atoms with Crippen molar-refractivity contribution in [3.8, 4) is 28.3 Å². The molecule has 0 atom stereocenters. The Kier molecular flexibility index (Phi) is 5.51. The van der Waals surface area contributed by atoms with E-state index in [-0.39, 0.29) is 0 Å². The largest absolute Gasteiger partial charge is 0.452 e. The van der Waals surface area contributed by atoms with Gasteiger partial charge in [0.25, 0.3) is 0 Å². The molecule has 11 rings (SSSR count). The Bertz CT molecular complexity index is 3110. The lowest BCUT2D eigenvalue weighted by Crippen LogP contribution is -2.03. The first kappa shape index (κ1) is 26.7. The summed E-state index contributed by atoms with van der Waals surface area (Å²) in [6.07, 6.45) is 0. The van der Waals surface area contributed by atoms with Crippen LogP contribution in [0.1, 0.15) is 0 Å². The third-order valence-corrected chi connectivity index (χ3v) is 11.0. The molecule has 0 amide bonds. The molecule has 4 nitrogen and oxygen atoms in total. The molecule has 0 saturated heterocycles. The molecule has 0 radical (unpaired) electrons. The zero-order chi connectivity index (χ0) is 32.1. The molecule has 0 saturated carbocycles. The molecule has 49 heavy (non-hydrogen) atoms. The van der Waals surface area contributed by atoms with E-state index in [4.69, 9.17) is 14.4 Å². The number of thiophene rings is 1. The molecule has 0 unspecified atom stereocenters. The molecule has 0 aliphatic rings. The molecule has 5 heteroatoms. The van der Waals surface area contributed by atoms with Gasteiger partial charge in [0, 0.05) is 52.7 Å². The SMILES string of the molecule is c1ccc(-c2cccc(-c3nc(-n4c5ccccc5c5c6c7ccccc7sc6c6ccccc6c54)nc4c3oc3ccccc34)c2)cc1. The van der Waals surface area contributed by atoms with Crippen LogP contribution in [0.15, 0.2) is 156 Å². The van der Waals surface area contributed by atoms with E-state index in [0.29, 0.717) is 11.5 Å². The second-order valence-corrected chi connectivity index (χ2v) is 13.6. The number of hydrogen-bond acceptors (Lipinski definition) is 4. The van der Waals surface area contributed by atoms with E-state index >= 15 is 0 Å². The number of para-hydroxylation sites is 2. The van der Waals surface area contributed by atoms with Gasteiger partial charge in [0.05, 0.1) is 11.0 Å². The maximum absolute atomic E-state index is 6.56. The molecule has 4 aromatic heterocycles. The number of furan rings is 1. The van der Waals surface area contributed by atoms with Crippen molar-refractivity contribution >= 4 is 86.2 Å². The summed E-state index contributed by atoms with van der Waals surface area (Å²) >= 11 is 1.87. The highest BCUT2D eigenvalue weighted by Crippen LogP contribution is 2.48. The van der Waals surface area contributed by atoms with E-state index in [1.807, 2.05) is 35.6 Å². The van der Waals surface area contributed by atoms with E-state index in [2.05, 4.69) is 132 Å². The normalized spacial score (nSPS) is 12.1. The van der Waals surface area contributed by atoms with Crippen molar-refractivity contribution in [3.05, 3.63) is 152 Å². The van der Waals surface area contributed by atoms with Gasteiger partial charge >= 0.3 is 0 Å². The third kappa shape index (κ3) is 3.79. The number of benzene rings is 7. The zero-order valence-electron chi connectivity index (χ0n) is 26.1. The standard InChI is InChI=1S/C44H25N3OS/c1-2-13-26(14-3-1)27-15-12-16-28(25-27)39-42-40(32-20-7-10-23-35(32)48-42)46-44(45-39)47-34-22-9-6-19-31(34)37-38-33-21-8-11-24-36(33)49-43(38)30-18-5-4-17-29(30)41(37)47/h1-25H. The lowest BCUT2D eigenvalue weighted by Gasteiger charge is -2.12. The van der Waals surface area contributed by atoms with Crippen LogP contribution >= 0.6 is 11.3 Å². The number of rotatable bonds is 3. The van der Waals surface area contributed by atoms with Crippen molar-refractivity contribution in [3.63, 3.8) is 0 Å². The molecular weight excluding hydrogens is 619 g/mol. The first-order chi connectivity index (χ1) is 24.3. The predicted octanol–water partition coefficient (Wildman–Crippen LogP) is 12.3. The number of nitrogens with zero attached hydrogens (tertiary/aromatic N) is 3. The third-order valence-electron chi connectivity index (χ3n) is 9.80. The van der Waals surface area contributed by atoms with Gasteiger partial charge in [0.15, 0.2) is 5.58 Å². The molecule has 4 heterocycles. The molecule has 0 aliphatic carbocycles. The molecule has 0 bridgehead atoms. The summed E-state index contributed by atoms with van der Waals surface area (Å²) in [5.41, 5.74) is 8.49. The summed E-state index contributed by atoms with van der Waals surface area (Å²) in [5.74, 6) is 0.620. The van der Waals surface area contributed by atoms with Gasteiger partial charge in [-0.05, 0) is 41.5 Å². The van der Waals surface area contributed by atoms with Crippen LogP contribution in [0.5, 0.6) is 0 Å². The van der Waals surface area contributed by atoms with Crippen molar-refractivity contribution in [2.45, 2.75) is 0 Å². The van der Waals surface area contributed by atoms with Crippen LogP contribution in [0.2, 0.25) is 0 Å². The van der Waals surface area contributed by atoms with Gasteiger partial charge in [-0.15, -0.1) is 11.3 Å². The molecule has 11 aromatic rings. The Morgan fingerprint density at radius 3 is 2.06 bits per heavy atom. The van der Waals surface area contributed by atoms with E-state index in [1.54, 1.807) is 0 Å². The molecular formula is C44H25N3OS. The fraction of sp³-hybridized carbons (Fsp3) is 0. The fourth-order valence-corrected chi connectivity index (χ4v) is 8.93. The molecule has 0 N–H and O–H groups in total. The Hall–Kier alpha value is -6.30. The highest BCUT2D eigenvalue weighted by Gasteiger charge is 2.25. The minimum absolute atomic E-state index is 0.620. The maximum Gasteiger partial charge on any atom is 0.236 e. The van der Waals surface area contributed by atoms with Crippen LogP contribution in [0.25, 0.3) is 103 Å². The van der Waals surface area contributed by atoms with Gasteiger partial charge in [-0.25, -0.2) is 9.97 Å². The minimum atomic E-state index is 0.620. The molecule has 228 valence electrons. The summed E-state index contributed by atoms with van der Waals surface area (Å²) in [7, 11) is 0. The lowest BCUT2D eigenvalue weighted by atomic mass is 10.00. The van der Waals surface area contributed by atoms with Crippen molar-refractivity contribution < 1.29 is 4.42 Å². The lowest BCUT2D eigenvalue weighted by molar-refractivity contribution is 0.666. The quantitative estimate of drug-likeness (QED) is 0.192. The van der Waals surface area contributed by atoms with Gasteiger partial charge < -0.3 is 4.42 Å². The Labute approximate surface area is 284 Å². The number of fused-ring (bicyclic) bond motifs is 13. The maximum atomic E-state index is 6.56. The van der Waals surface area contributed by atoms with Gasteiger partial charge in [-0.3, -0.25) is 4.57 Å². The molecule has 0 aliphatic heterocycles. The highest BCUT2D eigenvalue weighted by molar-refractivity contribution is 7.27. The smallest absolute Gasteiger partial charge is 0.236 e. The monoisotopic (exact) mass is 643 g/mol. The van der Waals surface area contributed by atoms with Gasteiger partial charge in [-0.1, -0.05) is 121 Å². The average Bonchev–Trinajstić information content (AvgIpc) is 3.85. The van der Waals surface area contributed by atoms with Crippen molar-refractivity contribution in [2.24, 2.45) is 0 Å². The van der Waals surface area contributed by atoms with E-state index in [1.165, 1.54) is 41.7 Å². The highest BCUT2D eigenvalue weighted by atomic mass is 32.1. The molecule has 7 aromatic carbocycles. The number of hydrogen-bond donors (Lipinski definition) is 0. The van der Waals surface area contributed by atoms with E-state index in [0.717, 1.165) is 49.9 Å². The molecule has 0 fully saturated rings. The summed E-state index contributed by atoms with van der Waals surface area (Å²) in [5, 5.41) is 8.37. The minimum Gasteiger partial charge on any atom is -0.452 e. The van der Waals surface area contributed by atoms with Crippen molar-refractivity contribution in [2.75, 3.05) is 0 Å². The number of aromatic nitrogens is 3. The van der Waals surface area contributed by atoms with Crippen LogP contribution in [-0.4, -0.2) is 14.5 Å². The topological polar surface area (TPSA) is 43.9 Å². The second kappa shape index (κ2) is 10.1. The summed E-state index contributed by atoms with van der Waals surface area (Å²) in [6, 6.07) is 53.4. The zero-order valence-corrected chi connectivity index (χ0v) is 26.9. The van der Waals surface area contributed by atoms with Crippen molar-refractivity contribution in [1.82, 2.24) is 14.5 Å².